The monoisotopic (exact) mass is 328 g/mol. The van der Waals surface area contributed by atoms with Gasteiger partial charge in [-0.3, -0.25) is 0 Å². The van der Waals surface area contributed by atoms with Crippen LogP contribution in [0.15, 0.2) is 15.9 Å². The Morgan fingerprint density at radius 2 is 2.20 bits per heavy atom. The van der Waals surface area contributed by atoms with Crippen LogP contribution in [0.2, 0.25) is 0 Å². The van der Waals surface area contributed by atoms with Crippen molar-refractivity contribution in [2.45, 2.75) is 12.7 Å². The van der Waals surface area contributed by atoms with Crippen LogP contribution < -0.4 is 0 Å². The normalized spacial score (nSPS) is 11.9. The van der Waals surface area contributed by atoms with Gasteiger partial charge < -0.3 is 0 Å². The molecule has 0 spiro atoms. The van der Waals surface area contributed by atoms with Crippen molar-refractivity contribution in [2.75, 3.05) is 17.3 Å². The highest BCUT2D eigenvalue weighted by atomic mass is 79.9. The minimum absolute atomic E-state index is 0.248. The molecule has 0 unspecified atom stereocenters. The Bertz CT molecular complexity index is 397. The van der Waals surface area contributed by atoms with Crippen molar-refractivity contribution in [1.82, 2.24) is 0 Å². The van der Waals surface area contributed by atoms with Gasteiger partial charge in [0.05, 0.1) is 9.54 Å². The summed E-state index contributed by atoms with van der Waals surface area (Å²) >= 11 is 6.77. The molecule has 15 heavy (non-hydrogen) atoms. The molecule has 0 amide bonds. The van der Waals surface area contributed by atoms with Crippen LogP contribution in [0.4, 0.5) is 0 Å². The fourth-order valence-electron chi connectivity index (χ4n) is 0.932. The summed E-state index contributed by atoms with van der Waals surface area (Å²) in [5, 5.41) is 0. The van der Waals surface area contributed by atoms with Crippen molar-refractivity contribution in [3.8, 4) is 0 Å². The summed E-state index contributed by atoms with van der Waals surface area (Å²) in [4.78, 5) is 1.28. The molecule has 0 saturated heterocycles. The first-order chi connectivity index (χ1) is 7.03. The van der Waals surface area contributed by atoms with Crippen molar-refractivity contribution in [3.63, 3.8) is 0 Å². The van der Waals surface area contributed by atoms with Gasteiger partial charge in [0.25, 0.3) is 0 Å². The van der Waals surface area contributed by atoms with E-state index in [-0.39, 0.29) is 5.75 Å². The third-order valence-electron chi connectivity index (χ3n) is 1.85. The first kappa shape index (κ1) is 13.5. The molecule has 2 nitrogen and oxygen atoms in total. The van der Waals surface area contributed by atoms with Gasteiger partial charge in [0.1, 0.15) is 0 Å². The van der Waals surface area contributed by atoms with Gasteiger partial charge in [-0.2, -0.15) is 11.8 Å². The van der Waals surface area contributed by atoms with Gasteiger partial charge in [-0.1, -0.05) is 6.92 Å². The minimum atomic E-state index is -2.80. The van der Waals surface area contributed by atoms with E-state index in [1.807, 2.05) is 6.07 Å². The Kier molecular flexibility index (Phi) is 5.66. The number of hydrogen-bond donors (Lipinski definition) is 0. The molecular formula is C9H13BrO2S3. The van der Waals surface area contributed by atoms with E-state index in [0.29, 0.717) is 11.5 Å². The first-order valence-electron chi connectivity index (χ1n) is 4.56. The maximum atomic E-state index is 11.2. The number of thioether (sulfide) groups is 1. The highest BCUT2D eigenvalue weighted by molar-refractivity contribution is 9.11. The van der Waals surface area contributed by atoms with E-state index in [0.717, 1.165) is 9.54 Å². The second-order valence-corrected chi connectivity index (χ2v) is 9.12. The van der Waals surface area contributed by atoms with Crippen molar-refractivity contribution in [1.29, 1.82) is 0 Å². The highest BCUT2D eigenvalue weighted by Gasteiger charge is 2.06. The largest absolute Gasteiger partial charge is 0.229 e. The summed E-state index contributed by atoms with van der Waals surface area (Å²) in [7, 11) is -2.80. The summed E-state index contributed by atoms with van der Waals surface area (Å²) in [5.41, 5.74) is 0. The number of sulfone groups is 1. The number of thiophene rings is 1. The van der Waals surface area contributed by atoms with E-state index in [2.05, 4.69) is 22.0 Å². The summed E-state index contributed by atoms with van der Waals surface area (Å²) in [6.45, 7) is 1.69. The molecule has 0 aromatic carbocycles. The molecule has 0 N–H and O–H groups in total. The molecule has 0 aliphatic rings. The number of halogens is 1. The zero-order valence-electron chi connectivity index (χ0n) is 8.40. The minimum Gasteiger partial charge on any atom is -0.229 e. The fourth-order valence-corrected chi connectivity index (χ4v) is 4.91. The lowest BCUT2D eigenvalue weighted by Crippen LogP contribution is -2.10. The quantitative estimate of drug-likeness (QED) is 0.752. The summed E-state index contributed by atoms with van der Waals surface area (Å²) in [6, 6.07) is 4.08. The van der Waals surface area contributed by atoms with Crippen LogP contribution in [0.25, 0.3) is 0 Å². The number of rotatable bonds is 6. The van der Waals surface area contributed by atoms with E-state index >= 15 is 0 Å². The van der Waals surface area contributed by atoms with E-state index in [9.17, 15) is 8.42 Å². The zero-order chi connectivity index (χ0) is 11.3. The molecule has 0 aliphatic heterocycles. The maximum absolute atomic E-state index is 11.2. The number of hydrogen-bond acceptors (Lipinski definition) is 4. The van der Waals surface area contributed by atoms with Crippen LogP contribution in [0.3, 0.4) is 0 Å². The molecule has 0 atom stereocenters. The van der Waals surface area contributed by atoms with E-state index < -0.39 is 9.84 Å². The van der Waals surface area contributed by atoms with Gasteiger partial charge in [-0.25, -0.2) is 8.42 Å². The van der Waals surface area contributed by atoms with Crippen LogP contribution in [0.1, 0.15) is 11.8 Å². The Labute approximate surface area is 108 Å². The van der Waals surface area contributed by atoms with Gasteiger partial charge in [-0.05, 0) is 28.1 Å². The second kappa shape index (κ2) is 6.27. The Hall–Kier alpha value is 0.480. The van der Waals surface area contributed by atoms with Crippen molar-refractivity contribution in [2.24, 2.45) is 0 Å². The summed E-state index contributed by atoms with van der Waals surface area (Å²) < 4.78 is 23.5. The van der Waals surface area contributed by atoms with Gasteiger partial charge in [0.15, 0.2) is 9.84 Å². The second-order valence-electron chi connectivity index (χ2n) is 2.99. The Morgan fingerprint density at radius 3 is 2.73 bits per heavy atom. The zero-order valence-corrected chi connectivity index (χ0v) is 12.4. The molecule has 0 radical (unpaired) electrons. The molecule has 1 aromatic heterocycles. The molecule has 6 heteroatoms. The van der Waals surface area contributed by atoms with Gasteiger partial charge in [0, 0.05) is 22.1 Å². The lowest BCUT2D eigenvalue weighted by atomic mass is 10.5. The molecule has 1 aromatic rings. The molecule has 0 aliphatic carbocycles. The molecule has 1 heterocycles. The lowest BCUT2D eigenvalue weighted by Gasteiger charge is -2.00. The molecule has 0 saturated carbocycles. The fraction of sp³-hybridized carbons (Fsp3) is 0.556. The molecule has 0 bridgehead atoms. The van der Waals surface area contributed by atoms with Crippen LogP contribution in [0.5, 0.6) is 0 Å². The summed E-state index contributed by atoms with van der Waals surface area (Å²) in [6.07, 6.45) is 0. The van der Waals surface area contributed by atoms with Crippen molar-refractivity contribution >= 4 is 48.9 Å². The SMILES string of the molecule is CCS(=O)(=O)CCSCc1ccc(Br)s1. The topological polar surface area (TPSA) is 34.1 Å². The smallest absolute Gasteiger partial charge is 0.150 e. The first-order valence-corrected chi connectivity index (χ1v) is 9.14. The van der Waals surface area contributed by atoms with Crippen LogP contribution in [-0.4, -0.2) is 25.7 Å². The third-order valence-corrected chi connectivity index (χ3v) is 6.63. The Balaban J connectivity index is 2.23. The molecular weight excluding hydrogens is 316 g/mol. The Morgan fingerprint density at radius 1 is 1.47 bits per heavy atom. The van der Waals surface area contributed by atoms with E-state index in [1.54, 1.807) is 30.0 Å². The van der Waals surface area contributed by atoms with Crippen molar-refractivity contribution < 1.29 is 8.42 Å². The molecule has 86 valence electrons. The third kappa shape index (κ3) is 5.38. The molecule has 0 fully saturated rings. The van der Waals surface area contributed by atoms with Gasteiger partial charge in [0.2, 0.25) is 0 Å². The average Bonchev–Trinajstić information content (AvgIpc) is 2.59. The van der Waals surface area contributed by atoms with Crippen LogP contribution >= 0.6 is 39.0 Å². The van der Waals surface area contributed by atoms with Gasteiger partial charge >= 0.3 is 0 Å². The van der Waals surface area contributed by atoms with Crippen LogP contribution in [-0.2, 0) is 15.6 Å². The lowest BCUT2D eigenvalue weighted by molar-refractivity contribution is 0.599. The molecule has 1 rings (SSSR count). The maximum Gasteiger partial charge on any atom is 0.150 e. The predicted molar refractivity (Wildman–Crippen MR) is 72.5 cm³/mol. The summed E-state index contributed by atoms with van der Waals surface area (Å²) in [5.74, 6) is 2.13. The average molecular weight is 329 g/mol. The van der Waals surface area contributed by atoms with Gasteiger partial charge in [-0.15, -0.1) is 11.3 Å². The van der Waals surface area contributed by atoms with Crippen LogP contribution in [0, 0.1) is 0 Å². The highest BCUT2D eigenvalue weighted by Crippen LogP contribution is 2.25. The standard InChI is InChI=1S/C9H13BrO2S3/c1-2-15(11,12)6-5-13-7-8-3-4-9(10)14-8/h3-4H,2,5-7H2,1H3. The van der Waals surface area contributed by atoms with E-state index in [4.69, 9.17) is 0 Å². The van der Waals surface area contributed by atoms with E-state index in [1.165, 1.54) is 4.88 Å². The predicted octanol–water partition coefficient (Wildman–Crippen LogP) is 3.18. The van der Waals surface area contributed by atoms with Crippen molar-refractivity contribution in [3.05, 3.63) is 20.8 Å².